The second-order valence-electron chi connectivity index (χ2n) is 3.73. The first-order valence-electron chi connectivity index (χ1n) is 5.42. The van der Waals surface area contributed by atoms with Crippen molar-refractivity contribution in [1.29, 1.82) is 0 Å². The first-order chi connectivity index (χ1) is 8.78. The summed E-state index contributed by atoms with van der Waals surface area (Å²) in [5.74, 6) is 1.02. The minimum atomic E-state index is 0.420. The summed E-state index contributed by atoms with van der Waals surface area (Å²) in [7, 11) is 0. The highest BCUT2D eigenvalue weighted by molar-refractivity contribution is 7.15. The molecule has 0 radical (unpaired) electrons. The summed E-state index contributed by atoms with van der Waals surface area (Å²) in [6.45, 7) is 2.33. The van der Waals surface area contributed by atoms with Crippen molar-refractivity contribution in [3.8, 4) is 22.3 Å². The lowest BCUT2D eigenvalue weighted by Crippen LogP contribution is -1.94. The van der Waals surface area contributed by atoms with Crippen LogP contribution in [0, 0.1) is 6.92 Å². The largest absolute Gasteiger partial charge is 0.359 e. The number of aromatic amines is 1. The van der Waals surface area contributed by atoms with E-state index in [0.29, 0.717) is 18.3 Å². The highest BCUT2D eigenvalue weighted by Gasteiger charge is 2.16. The van der Waals surface area contributed by atoms with E-state index in [0.717, 1.165) is 21.3 Å². The molecule has 3 aromatic rings. The highest BCUT2D eigenvalue weighted by atomic mass is 32.1. The zero-order valence-electron chi connectivity index (χ0n) is 9.67. The fourth-order valence-electron chi connectivity index (χ4n) is 1.63. The van der Waals surface area contributed by atoms with Gasteiger partial charge in [0.15, 0.2) is 0 Å². The van der Waals surface area contributed by atoms with E-state index < -0.39 is 0 Å². The number of nitrogens with two attached hydrogens (primary N) is 1. The summed E-state index contributed by atoms with van der Waals surface area (Å²) < 4.78 is 5.26. The fourth-order valence-corrected chi connectivity index (χ4v) is 2.50. The van der Waals surface area contributed by atoms with E-state index in [1.807, 2.05) is 25.3 Å². The zero-order chi connectivity index (χ0) is 12.5. The van der Waals surface area contributed by atoms with Crippen LogP contribution in [0.5, 0.6) is 0 Å². The van der Waals surface area contributed by atoms with Gasteiger partial charge >= 0.3 is 0 Å². The Labute approximate surface area is 107 Å². The molecule has 18 heavy (non-hydrogen) atoms. The number of hydrogen-bond acceptors (Lipinski definition) is 6. The van der Waals surface area contributed by atoms with Crippen molar-refractivity contribution < 1.29 is 4.52 Å². The van der Waals surface area contributed by atoms with Gasteiger partial charge in [-0.3, -0.25) is 0 Å². The first kappa shape index (κ1) is 11.1. The maximum atomic E-state index is 5.57. The van der Waals surface area contributed by atoms with E-state index in [4.69, 9.17) is 10.3 Å². The smallest absolute Gasteiger partial charge is 0.270 e. The fraction of sp³-hybridized carbons (Fsp3) is 0.182. The lowest BCUT2D eigenvalue weighted by molar-refractivity contribution is 0.433. The molecule has 3 aromatic heterocycles. The number of aryl methyl sites for hydroxylation is 1. The molecule has 0 saturated heterocycles. The molecule has 0 atom stereocenters. The molecule has 3 heterocycles. The molecule has 3 rings (SSSR count). The molecule has 92 valence electrons. The van der Waals surface area contributed by atoms with Gasteiger partial charge in [-0.25, -0.2) is 4.98 Å². The summed E-state index contributed by atoms with van der Waals surface area (Å²) in [5, 5.41) is 4.80. The lowest BCUT2D eigenvalue weighted by atomic mass is 10.4. The van der Waals surface area contributed by atoms with Crippen molar-refractivity contribution in [1.82, 2.24) is 20.1 Å². The molecule has 0 aliphatic rings. The molecule has 0 bridgehead atoms. The molecular weight excluding hydrogens is 250 g/mol. The van der Waals surface area contributed by atoms with Crippen molar-refractivity contribution in [3.05, 3.63) is 29.0 Å². The molecule has 0 amide bonds. The van der Waals surface area contributed by atoms with E-state index >= 15 is 0 Å². The van der Waals surface area contributed by atoms with Crippen molar-refractivity contribution in [2.24, 2.45) is 5.73 Å². The van der Waals surface area contributed by atoms with Gasteiger partial charge in [-0.1, -0.05) is 5.16 Å². The van der Waals surface area contributed by atoms with Crippen LogP contribution in [0.3, 0.4) is 0 Å². The zero-order valence-corrected chi connectivity index (χ0v) is 10.5. The number of thiazole rings is 1. The minimum absolute atomic E-state index is 0.420. The standard InChI is InChI=1S/C11H11N5OS/c1-6-9(18-8(5-12)14-6)11-15-10(16-17-11)7-3-2-4-13-7/h2-4,13H,5,12H2,1H3. The first-order valence-corrected chi connectivity index (χ1v) is 6.24. The SMILES string of the molecule is Cc1nc(CN)sc1-c1nc(-c2ccc[nH]2)no1. The maximum Gasteiger partial charge on any atom is 0.270 e. The van der Waals surface area contributed by atoms with Crippen molar-refractivity contribution >= 4 is 11.3 Å². The predicted octanol–water partition coefficient (Wildman–Crippen LogP) is 1.96. The van der Waals surface area contributed by atoms with E-state index in [2.05, 4.69) is 20.1 Å². The quantitative estimate of drug-likeness (QED) is 0.751. The average Bonchev–Trinajstić information content (AvgIpc) is 3.08. The van der Waals surface area contributed by atoms with E-state index in [1.54, 1.807) is 0 Å². The normalized spacial score (nSPS) is 11.0. The molecule has 0 spiro atoms. The van der Waals surface area contributed by atoms with Gasteiger partial charge in [-0.05, 0) is 19.1 Å². The van der Waals surface area contributed by atoms with Gasteiger partial charge in [0.25, 0.3) is 5.89 Å². The minimum Gasteiger partial charge on any atom is -0.359 e. The lowest BCUT2D eigenvalue weighted by Gasteiger charge is -1.87. The van der Waals surface area contributed by atoms with E-state index in [9.17, 15) is 0 Å². The Morgan fingerprint density at radius 1 is 1.44 bits per heavy atom. The number of hydrogen-bond donors (Lipinski definition) is 2. The van der Waals surface area contributed by atoms with Gasteiger partial charge in [0.05, 0.1) is 11.4 Å². The second kappa shape index (κ2) is 4.35. The average molecular weight is 261 g/mol. The number of aromatic nitrogens is 4. The van der Waals surface area contributed by atoms with Gasteiger partial charge in [-0.2, -0.15) is 4.98 Å². The number of nitrogens with zero attached hydrogens (tertiary/aromatic N) is 3. The number of nitrogens with one attached hydrogen (secondary N) is 1. The Hall–Kier alpha value is -1.99. The Balaban J connectivity index is 2.00. The van der Waals surface area contributed by atoms with Gasteiger partial charge in [0.2, 0.25) is 5.82 Å². The van der Waals surface area contributed by atoms with Gasteiger partial charge in [-0.15, -0.1) is 11.3 Å². The Morgan fingerprint density at radius 2 is 2.33 bits per heavy atom. The molecule has 0 aliphatic carbocycles. The van der Waals surface area contributed by atoms with Crippen molar-refractivity contribution in [3.63, 3.8) is 0 Å². The molecule has 0 saturated carbocycles. The van der Waals surface area contributed by atoms with Crippen LogP contribution in [0.25, 0.3) is 22.3 Å². The van der Waals surface area contributed by atoms with Crippen LogP contribution in [0.15, 0.2) is 22.9 Å². The molecule has 0 aromatic carbocycles. The Kier molecular flexibility index (Phi) is 2.69. The third-order valence-corrected chi connectivity index (χ3v) is 3.64. The van der Waals surface area contributed by atoms with Gasteiger partial charge < -0.3 is 15.2 Å². The van der Waals surface area contributed by atoms with Crippen molar-refractivity contribution in [2.75, 3.05) is 0 Å². The Bertz CT molecular complexity index is 655. The summed E-state index contributed by atoms with van der Waals surface area (Å²) in [6.07, 6.45) is 1.82. The summed E-state index contributed by atoms with van der Waals surface area (Å²) in [4.78, 5) is 12.6. The number of rotatable bonds is 3. The Morgan fingerprint density at radius 3 is 3.00 bits per heavy atom. The molecule has 0 aliphatic heterocycles. The van der Waals surface area contributed by atoms with E-state index in [1.165, 1.54) is 11.3 Å². The van der Waals surface area contributed by atoms with Gasteiger partial charge in [0.1, 0.15) is 9.88 Å². The molecule has 3 N–H and O–H groups in total. The predicted molar refractivity (Wildman–Crippen MR) is 67.8 cm³/mol. The third kappa shape index (κ3) is 1.83. The summed E-state index contributed by atoms with van der Waals surface area (Å²) in [5.41, 5.74) is 7.26. The van der Waals surface area contributed by atoms with Crippen LogP contribution in [0.2, 0.25) is 0 Å². The second-order valence-corrected chi connectivity index (χ2v) is 4.82. The van der Waals surface area contributed by atoms with Crippen molar-refractivity contribution in [2.45, 2.75) is 13.5 Å². The maximum absolute atomic E-state index is 5.57. The van der Waals surface area contributed by atoms with E-state index in [-0.39, 0.29) is 0 Å². The summed E-state index contributed by atoms with van der Waals surface area (Å²) >= 11 is 1.48. The monoisotopic (exact) mass is 261 g/mol. The summed E-state index contributed by atoms with van der Waals surface area (Å²) in [6, 6.07) is 3.77. The van der Waals surface area contributed by atoms with Crippen LogP contribution >= 0.6 is 11.3 Å². The number of H-pyrrole nitrogens is 1. The molecule has 0 fully saturated rings. The highest BCUT2D eigenvalue weighted by Crippen LogP contribution is 2.29. The third-order valence-electron chi connectivity index (χ3n) is 2.47. The van der Waals surface area contributed by atoms with Gasteiger partial charge in [0, 0.05) is 12.7 Å². The van der Waals surface area contributed by atoms with Crippen LogP contribution < -0.4 is 5.73 Å². The van der Waals surface area contributed by atoms with Crippen LogP contribution in [0.1, 0.15) is 10.7 Å². The van der Waals surface area contributed by atoms with Crippen LogP contribution in [0.4, 0.5) is 0 Å². The van der Waals surface area contributed by atoms with Crippen LogP contribution in [-0.2, 0) is 6.54 Å². The molecular formula is C11H11N5OS. The topological polar surface area (TPSA) is 93.6 Å². The van der Waals surface area contributed by atoms with Crippen LogP contribution in [-0.4, -0.2) is 20.1 Å². The molecule has 0 unspecified atom stereocenters. The molecule has 6 nitrogen and oxygen atoms in total. The molecule has 7 heteroatoms.